The summed E-state index contributed by atoms with van der Waals surface area (Å²) in [7, 11) is 0. The van der Waals surface area contributed by atoms with Gasteiger partial charge < -0.3 is 9.84 Å². The first kappa shape index (κ1) is 13.5. The van der Waals surface area contributed by atoms with E-state index in [0.29, 0.717) is 21.3 Å². The van der Waals surface area contributed by atoms with E-state index in [9.17, 15) is 4.79 Å². The fraction of sp³-hybridized carbons (Fsp3) is 0.0909. The summed E-state index contributed by atoms with van der Waals surface area (Å²) < 4.78 is 6.79. The molecule has 0 aliphatic heterocycles. The Kier molecular flexibility index (Phi) is 4.36. The van der Waals surface area contributed by atoms with Crippen molar-refractivity contribution in [1.82, 2.24) is 4.98 Å². The zero-order chi connectivity index (χ0) is 13.1. The lowest BCUT2D eigenvalue weighted by Crippen LogP contribution is -2.00. The fourth-order valence-electron chi connectivity index (χ4n) is 1.28. The Labute approximate surface area is 124 Å². The highest BCUT2D eigenvalue weighted by Gasteiger charge is 2.13. The minimum absolute atomic E-state index is 0.190. The first-order valence-electron chi connectivity index (χ1n) is 4.81. The van der Waals surface area contributed by atoms with Crippen molar-refractivity contribution in [2.24, 2.45) is 0 Å². The second-order valence-electron chi connectivity index (χ2n) is 3.29. The predicted octanol–water partition coefficient (Wildman–Crippen LogP) is 3.95. The van der Waals surface area contributed by atoms with E-state index in [0.717, 1.165) is 5.01 Å². The summed E-state index contributed by atoms with van der Waals surface area (Å²) in [6, 6.07) is 3.01. The highest BCUT2D eigenvalue weighted by atomic mass is 79.9. The van der Waals surface area contributed by atoms with Crippen LogP contribution in [0.15, 0.2) is 32.7 Å². The van der Waals surface area contributed by atoms with Crippen molar-refractivity contribution >= 4 is 49.2 Å². The molecule has 0 bridgehead atoms. The molecule has 2 aromatic rings. The lowest BCUT2D eigenvalue weighted by atomic mass is 10.2. The number of nitrogens with zero attached hydrogens (tertiary/aromatic N) is 1. The SMILES string of the molecule is O=C(O)c1cc(Br)c(OCc2nccs2)c(Br)c1. The number of carboxylic acid groups (broad SMARTS) is 1. The molecule has 0 spiro atoms. The van der Waals surface area contributed by atoms with Crippen LogP contribution in [0.4, 0.5) is 0 Å². The van der Waals surface area contributed by atoms with Crippen molar-refractivity contribution in [3.8, 4) is 5.75 Å². The Bertz CT molecular complexity index is 549. The van der Waals surface area contributed by atoms with Gasteiger partial charge in [-0.2, -0.15) is 0 Å². The van der Waals surface area contributed by atoms with Gasteiger partial charge in [0.2, 0.25) is 0 Å². The van der Waals surface area contributed by atoms with Crippen molar-refractivity contribution in [2.75, 3.05) is 0 Å². The van der Waals surface area contributed by atoms with Gasteiger partial charge in [0.1, 0.15) is 17.4 Å². The third-order valence-electron chi connectivity index (χ3n) is 2.07. The largest absolute Gasteiger partial charge is 0.484 e. The third kappa shape index (κ3) is 3.09. The van der Waals surface area contributed by atoms with E-state index >= 15 is 0 Å². The van der Waals surface area contributed by atoms with Crippen molar-refractivity contribution in [1.29, 1.82) is 0 Å². The van der Waals surface area contributed by atoms with Gasteiger partial charge in [-0.1, -0.05) is 0 Å². The molecule has 1 heterocycles. The predicted molar refractivity (Wildman–Crippen MR) is 75.2 cm³/mol. The Balaban J connectivity index is 2.20. The summed E-state index contributed by atoms with van der Waals surface area (Å²) in [5.74, 6) is -0.418. The summed E-state index contributed by atoms with van der Waals surface area (Å²) in [6.45, 7) is 0.348. The van der Waals surface area contributed by atoms with Crippen molar-refractivity contribution in [2.45, 2.75) is 6.61 Å². The first-order valence-corrected chi connectivity index (χ1v) is 7.28. The minimum atomic E-state index is -0.983. The first-order chi connectivity index (χ1) is 8.58. The second kappa shape index (κ2) is 5.81. The van der Waals surface area contributed by atoms with Crippen LogP contribution >= 0.6 is 43.2 Å². The van der Waals surface area contributed by atoms with Gasteiger partial charge in [-0.25, -0.2) is 9.78 Å². The summed E-state index contributed by atoms with van der Waals surface area (Å²) in [4.78, 5) is 15.0. The molecule has 0 fully saturated rings. The van der Waals surface area contributed by atoms with E-state index < -0.39 is 5.97 Å². The van der Waals surface area contributed by atoms with Crippen LogP contribution < -0.4 is 4.74 Å². The van der Waals surface area contributed by atoms with Crippen molar-refractivity contribution in [3.05, 3.63) is 43.2 Å². The molecule has 7 heteroatoms. The summed E-state index contributed by atoms with van der Waals surface area (Å²) in [6.07, 6.45) is 1.71. The number of carbonyl (C=O) groups is 1. The number of aromatic nitrogens is 1. The number of carboxylic acids is 1. The molecule has 0 aliphatic rings. The van der Waals surface area contributed by atoms with Gasteiger partial charge in [0.15, 0.2) is 0 Å². The Morgan fingerprint density at radius 2 is 2.06 bits per heavy atom. The monoisotopic (exact) mass is 391 g/mol. The molecule has 0 atom stereocenters. The average Bonchev–Trinajstić information content (AvgIpc) is 2.80. The van der Waals surface area contributed by atoms with Gasteiger partial charge in [0, 0.05) is 11.6 Å². The molecule has 4 nitrogen and oxygen atoms in total. The average molecular weight is 393 g/mol. The maximum absolute atomic E-state index is 10.9. The quantitative estimate of drug-likeness (QED) is 0.855. The zero-order valence-corrected chi connectivity index (χ0v) is 12.9. The molecular weight excluding hydrogens is 386 g/mol. The van der Waals surface area contributed by atoms with Crippen LogP contribution in [0.3, 0.4) is 0 Å². The lowest BCUT2D eigenvalue weighted by molar-refractivity contribution is 0.0696. The zero-order valence-electron chi connectivity index (χ0n) is 8.89. The number of hydrogen-bond acceptors (Lipinski definition) is 4. The smallest absolute Gasteiger partial charge is 0.335 e. The molecule has 0 aliphatic carbocycles. The van der Waals surface area contributed by atoms with Gasteiger partial charge >= 0.3 is 5.97 Å². The van der Waals surface area contributed by atoms with Gasteiger partial charge in [0.25, 0.3) is 0 Å². The molecule has 0 radical (unpaired) electrons. The lowest BCUT2D eigenvalue weighted by Gasteiger charge is -2.09. The molecule has 94 valence electrons. The number of ether oxygens (including phenoxy) is 1. The standard InChI is InChI=1S/C11H7Br2NO3S/c12-7-3-6(11(15)16)4-8(13)10(7)17-5-9-14-1-2-18-9/h1-4H,5H2,(H,15,16). The topological polar surface area (TPSA) is 59.4 Å². The third-order valence-corrected chi connectivity index (χ3v) is 4.00. The second-order valence-corrected chi connectivity index (χ2v) is 5.98. The van der Waals surface area contributed by atoms with Crippen LogP contribution in [0.2, 0.25) is 0 Å². The molecule has 1 aromatic carbocycles. The molecule has 2 rings (SSSR count). The molecule has 0 saturated carbocycles. The highest BCUT2D eigenvalue weighted by molar-refractivity contribution is 9.11. The molecule has 1 N–H and O–H groups in total. The van der Waals surface area contributed by atoms with Crippen molar-refractivity contribution in [3.63, 3.8) is 0 Å². The van der Waals surface area contributed by atoms with Crippen LogP contribution in [0.1, 0.15) is 15.4 Å². The molecule has 18 heavy (non-hydrogen) atoms. The van der Waals surface area contributed by atoms with E-state index in [1.54, 1.807) is 6.20 Å². The van der Waals surface area contributed by atoms with Crippen LogP contribution in [0, 0.1) is 0 Å². The molecule has 0 saturated heterocycles. The number of rotatable bonds is 4. The number of hydrogen-bond donors (Lipinski definition) is 1. The van der Waals surface area contributed by atoms with E-state index in [1.807, 2.05) is 5.38 Å². The van der Waals surface area contributed by atoms with Gasteiger partial charge in [-0.05, 0) is 44.0 Å². The summed E-state index contributed by atoms with van der Waals surface area (Å²) in [5.41, 5.74) is 0.190. The molecular formula is C11H7Br2NO3S. The number of thiazole rings is 1. The van der Waals surface area contributed by atoms with E-state index in [4.69, 9.17) is 9.84 Å². The molecule has 0 unspecified atom stereocenters. The van der Waals surface area contributed by atoms with Crippen LogP contribution in [0.25, 0.3) is 0 Å². The Morgan fingerprint density at radius 1 is 1.39 bits per heavy atom. The Morgan fingerprint density at radius 3 is 2.56 bits per heavy atom. The van der Waals surface area contributed by atoms with Gasteiger partial charge in [0.05, 0.1) is 14.5 Å². The number of aromatic carboxylic acids is 1. The van der Waals surface area contributed by atoms with Crippen LogP contribution in [-0.2, 0) is 6.61 Å². The molecule has 1 aromatic heterocycles. The molecule has 0 amide bonds. The van der Waals surface area contributed by atoms with E-state index in [-0.39, 0.29) is 5.56 Å². The minimum Gasteiger partial charge on any atom is -0.484 e. The van der Waals surface area contributed by atoms with Crippen molar-refractivity contribution < 1.29 is 14.6 Å². The fourth-order valence-corrected chi connectivity index (χ4v) is 3.22. The number of halogens is 2. The summed E-state index contributed by atoms with van der Waals surface area (Å²) >= 11 is 8.09. The highest BCUT2D eigenvalue weighted by Crippen LogP contribution is 2.35. The number of benzene rings is 1. The van der Waals surface area contributed by atoms with Crippen LogP contribution in [0.5, 0.6) is 5.75 Å². The summed E-state index contributed by atoms with van der Waals surface area (Å²) in [5, 5.41) is 11.6. The van der Waals surface area contributed by atoms with Crippen LogP contribution in [-0.4, -0.2) is 16.1 Å². The van der Waals surface area contributed by atoms with Gasteiger partial charge in [-0.3, -0.25) is 0 Å². The van der Waals surface area contributed by atoms with Gasteiger partial charge in [-0.15, -0.1) is 11.3 Å². The normalized spacial score (nSPS) is 10.3. The maximum Gasteiger partial charge on any atom is 0.335 e. The Hall–Kier alpha value is -0.920. The van der Waals surface area contributed by atoms with E-state index in [2.05, 4.69) is 36.8 Å². The maximum atomic E-state index is 10.9. The van der Waals surface area contributed by atoms with E-state index in [1.165, 1.54) is 23.5 Å².